The third-order valence-corrected chi connectivity index (χ3v) is 5.67. The Morgan fingerprint density at radius 3 is 2.21 bits per heavy atom. The van der Waals surface area contributed by atoms with Gasteiger partial charge in [0.2, 0.25) is 5.91 Å². The molecule has 1 amide bonds. The summed E-state index contributed by atoms with van der Waals surface area (Å²) in [6, 6.07) is 22.7. The number of nitrogens with one attached hydrogen (secondary N) is 1. The largest absolute Gasteiger partial charge is 0.457 e. The second kappa shape index (κ2) is 9.52. The van der Waals surface area contributed by atoms with E-state index >= 15 is 0 Å². The van der Waals surface area contributed by atoms with Crippen molar-refractivity contribution in [3.63, 3.8) is 0 Å². The summed E-state index contributed by atoms with van der Waals surface area (Å²) in [5.41, 5.74) is 0.767. The fourth-order valence-electron chi connectivity index (χ4n) is 3.86. The van der Waals surface area contributed by atoms with Crippen LogP contribution in [0.15, 0.2) is 85.2 Å². The van der Waals surface area contributed by atoms with Gasteiger partial charge in [0.1, 0.15) is 11.5 Å². The Morgan fingerprint density at radius 1 is 0.848 bits per heavy atom. The van der Waals surface area contributed by atoms with Gasteiger partial charge in [-0.1, -0.05) is 18.2 Å². The number of amides is 1. The number of para-hydroxylation sites is 1. The van der Waals surface area contributed by atoms with Gasteiger partial charge in [0, 0.05) is 37.1 Å². The van der Waals surface area contributed by atoms with Gasteiger partial charge in [-0.05, 0) is 67.4 Å². The van der Waals surface area contributed by atoms with Crippen LogP contribution in [0.25, 0.3) is 5.82 Å². The number of hydrogen-bond donors (Lipinski definition) is 1. The third kappa shape index (κ3) is 5.01. The molecule has 3 heterocycles. The van der Waals surface area contributed by atoms with E-state index in [9.17, 15) is 4.79 Å². The zero-order valence-corrected chi connectivity index (χ0v) is 18.0. The van der Waals surface area contributed by atoms with Gasteiger partial charge in [-0.15, -0.1) is 10.2 Å². The molecule has 1 N–H and O–H groups in total. The summed E-state index contributed by atoms with van der Waals surface area (Å²) < 4.78 is 7.48. The summed E-state index contributed by atoms with van der Waals surface area (Å²) in [4.78, 5) is 14.9. The standard InChI is InChI=1S/C25H24N6O2/c32-25(27-20-7-9-22(10-8-20)33-21-5-2-1-3-6-21)19-13-17-30(18-14-19)23-11-12-24(29-28-23)31-16-4-15-26-31/h1-12,15-16,19H,13-14,17-18H2,(H,27,32). The topological polar surface area (TPSA) is 85.2 Å². The summed E-state index contributed by atoms with van der Waals surface area (Å²) in [6.07, 6.45) is 5.07. The number of rotatable bonds is 6. The molecule has 1 aliphatic heterocycles. The highest BCUT2D eigenvalue weighted by atomic mass is 16.5. The Balaban J connectivity index is 1.12. The van der Waals surface area contributed by atoms with Crippen molar-refractivity contribution < 1.29 is 9.53 Å². The van der Waals surface area contributed by atoms with Crippen LogP contribution in [0, 0.1) is 5.92 Å². The van der Waals surface area contributed by atoms with E-state index in [-0.39, 0.29) is 11.8 Å². The third-order valence-electron chi connectivity index (χ3n) is 5.67. The van der Waals surface area contributed by atoms with Crippen LogP contribution in [0.2, 0.25) is 0 Å². The normalized spacial score (nSPS) is 14.1. The van der Waals surface area contributed by atoms with E-state index in [0.717, 1.165) is 48.9 Å². The first-order chi connectivity index (χ1) is 16.2. The highest BCUT2D eigenvalue weighted by molar-refractivity contribution is 5.92. The molecule has 33 heavy (non-hydrogen) atoms. The van der Waals surface area contributed by atoms with Crippen LogP contribution in [0.3, 0.4) is 0 Å². The molecule has 166 valence electrons. The van der Waals surface area contributed by atoms with Crippen LogP contribution in [-0.4, -0.2) is 39.0 Å². The number of benzene rings is 2. The molecular formula is C25H24N6O2. The lowest BCUT2D eigenvalue weighted by Crippen LogP contribution is -2.38. The minimum absolute atomic E-state index is 0.0298. The number of aromatic nitrogens is 4. The van der Waals surface area contributed by atoms with Gasteiger partial charge >= 0.3 is 0 Å². The Labute approximate surface area is 191 Å². The Kier molecular flexibility index (Phi) is 5.97. The molecular weight excluding hydrogens is 416 g/mol. The molecule has 0 atom stereocenters. The molecule has 0 aliphatic carbocycles. The van der Waals surface area contributed by atoms with Crippen LogP contribution < -0.4 is 15.0 Å². The molecule has 1 fully saturated rings. The Bertz CT molecular complexity index is 1170. The van der Waals surface area contributed by atoms with E-state index in [4.69, 9.17) is 4.74 Å². The average molecular weight is 441 g/mol. The average Bonchev–Trinajstić information content (AvgIpc) is 3.41. The van der Waals surface area contributed by atoms with Crippen molar-refractivity contribution in [2.75, 3.05) is 23.3 Å². The lowest BCUT2D eigenvalue weighted by atomic mass is 9.96. The zero-order valence-electron chi connectivity index (χ0n) is 18.0. The number of hydrogen-bond acceptors (Lipinski definition) is 6. The Hall–Kier alpha value is -4.20. The van der Waals surface area contributed by atoms with Crippen molar-refractivity contribution in [1.82, 2.24) is 20.0 Å². The van der Waals surface area contributed by atoms with E-state index in [1.165, 1.54) is 0 Å². The van der Waals surface area contributed by atoms with Crippen molar-refractivity contribution in [2.24, 2.45) is 5.92 Å². The van der Waals surface area contributed by atoms with Crippen LogP contribution in [-0.2, 0) is 4.79 Å². The molecule has 0 unspecified atom stereocenters. The molecule has 2 aromatic carbocycles. The molecule has 5 rings (SSSR count). The van der Waals surface area contributed by atoms with Crippen molar-refractivity contribution in [2.45, 2.75) is 12.8 Å². The SMILES string of the molecule is O=C(Nc1ccc(Oc2ccccc2)cc1)C1CCN(c2ccc(-n3cccn3)nn2)CC1. The highest BCUT2D eigenvalue weighted by Crippen LogP contribution is 2.25. The van der Waals surface area contributed by atoms with E-state index in [2.05, 4.69) is 25.5 Å². The lowest BCUT2D eigenvalue weighted by Gasteiger charge is -2.31. The number of nitrogens with zero attached hydrogens (tertiary/aromatic N) is 5. The molecule has 8 nitrogen and oxygen atoms in total. The van der Waals surface area contributed by atoms with Crippen LogP contribution in [0.4, 0.5) is 11.5 Å². The van der Waals surface area contributed by atoms with Crippen molar-refractivity contribution in [3.8, 4) is 17.3 Å². The van der Waals surface area contributed by atoms with Crippen molar-refractivity contribution >= 4 is 17.4 Å². The minimum Gasteiger partial charge on any atom is -0.457 e. The first-order valence-corrected chi connectivity index (χ1v) is 11.0. The van der Waals surface area contributed by atoms with Gasteiger partial charge in [-0.2, -0.15) is 5.10 Å². The number of piperidine rings is 1. The maximum absolute atomic E-state index is 12.8. The van der Waals surface area contributed by atoms with E-state index in [1.807, 2.05) is 79.0 Å². The van der Waals surface area contributed by atoms with Gasteiger partial charge < -0.3 is 15.0 Å². The second-order valence-corrected chi connectivity index (χ2v) is 7.89. The summed E-state index contributed by atoms with van der Waals surface area (Å²) >= 11 is 0. The molecule has 8 heteroatoms. The Morgan fingerprint density at radius 2 is 1.55 bits per heavy atom. The number of ether oxygens (including phenoxy) is 1. The lowest BCUT2D eigenvalue weighted by molar-refractivity contribution is -0.120. The molecule has 2 aromatic heterocycles. The zero-order chi connectivity index (χ0) is 22.5. The molecule has 1 saturated heterocycles. The maximum atomic E-state index is 12.8. The van der Waals surface area contributed by atoms with Gasteiger partial charge in [-0.3, -0.25) is 4.79 Å². The summed E-state index contributed by atoms with van der Waals surface area (Å²) in [5.74, 6) is 3.02. The smallest absolute Gasteiger partial charge is 0.227 e. The van der Waals surface area contributed by atoms with Gasteiger partial charge in [0.05, 0.1) is 0 Å². The quantitative estimate of drug-likeness (QED) is 0.481. The molecule has 4 aromatic rings. The van der Waals surface area contributed by atoms with Gasteiger partial charge in [-0.25, -0.2) is 4.68 Å². The van der Waals surface area contributed by atoms with E-state index in [1.54, 1.807) is 10.9 Å². The summed E-state index contributed by atoms with van der Waals surface area (Å²) in [5, 5.41) is 15.8. The second-order valence-electron chi connectivity index (χ2n) is 7.89. The van der Waals surface area contributed by atoms with Crippen LogP contribution >= 0.6 is 0 Å². The first-order valence-electron chi connectivity index (χ1n) is 11.0. The predicted octanol–water partition coefficient (Wildman–Crippen LogP) is 4.31. The van der Waals surface area contributed by atoms with Crippen LogP contribution in [0.5, 0.6) is 11.5 Å². The monoisotopic (exact) mass is 440 g/mol. The van der Waals surface area contributed by atoms with E-state index < -0.39 is 0 Å². The van der Waals surface area contributed by atoms with Crippen LogP contribution in [0.1, 0.15) is 12.8 Å². The minimum atomic E-state index is -0.0298. The van der Waals surface area contributed by atoms with Crippen molar-refractivity contribution in [1.29, 1.82) is 0 Å². The fraction of sp³-hybridized carbons (Fsp3) is 0.200. The van der Waals surface area contributed by atoms with Gasteiger partial charge in [0.15, 0.2) is 11.6 Å². The highest BCUT2D eigenvalue weighted by Gasteiger charge is 2.26. The van der Waals surface area contributed by atoms with E-state index in [0.29, 0.717) is 5.82 Å². The fourth-order valence-corrected chi connectivity index (χ4v) is 3.86. The first kappa shape index (κ1) is 20.7. The molecule has 0 bridgehead atoms. The van der Waals surface area contributed by atoms with Gasteiger partial charge in [0.25, 0.3) is 0 Å². The molecule has 1 aliphatic rings. The number of anilines is 2. The molecule has 0 saturated carbocycles. The molecule has 0 spiro atoms. The summed E-state index contributed by atoms with van der Waals surface area (Å²) in [7, 11) is 0. The number of carbonyl (C=O) groups excluding carboxylic acids is 1. The van der Waals surface area contributed by atoms with Crippen molar-refractivity contribution in [3.05, 3.63) is 85.2 Å². The summed E-state index contributed by atoms with van der Waals surface area (Å²) in [6.45, 7) is 1.52. The predicted molar refractivity (Wildman–Crippen MR) is 126 cm³/mol. The molecule has 0 radical (unpaired) electrons. The maximum Gasteiger partial charge on any atom is 0.227 e. The number of carbonyl (C=O) groups is 1.